The number of aryl methyl sites for hydroxylation is 1. The summed E-state index contributed by atoms with van der Waals surface area (Å²) in [5.41, 5.74) is -2.20. The van der Waals surface area contributed by atoms with E-state index in [9.17, 15) is 45.9 Å². The second kappa shape index (κ2) is 16.9. The summed E-state index contributed by atoms with van der Waals surface area (Å²) < 4.78 is 75.7. The first kappa shape index (κ1) is 38.7. The summed E-state index contributed by atoms with van der Waals surface area (Å²) in [6.07, 6.45) is -4.06. The minimum atomic E-state index is -5.22. The van der Waals surface area contributed by atoms with Crippen molar-refractivity contribution in [3.8, 4) is 0 Å². The first-order valence-corrected chi connectivity index (χ1v) is 15.8. The fourth-order valence-corrected chi connectivity index (χ4v) is 5.47. The van der Waals surface area contributed by atoms with Crippen LogP contribution in [0.15, 0.2) is 36.5 Å². The average Bonchev–Trinajstić information content (AvgIpc) is 3.40. The molecule has 0 aliphatic carbocycles. The monoisotopic (exact) mass is 696 g/mol. The van der Waals surface area contributed by atoms with Gasteiger partial charge < -0.3 is 30.5 Å². The molecule has 19 heteroatoms. The van der Waals surface area contributed by atoms with E-state index in [1.165, 1.54) is 20.4 Å². The van der Waals surface area contributed by atoms with Gasteiger partial charge in [0.05, 0.1) is 30.5 Å². The molecule has 2 aromatic rings. The van der Waals surface area contributed by atoms with Crippen molar-refractivity contribution >= 4 is 45.0 Å². The highest BCUT2D eigenvalue weighted by Crippen LogP contribution is 2.20. The molecule has 0 bridgehead atoms. The molecule has 0 aliphatic rings. The van der Waals surface area contributed by atoms with Gasteiger partial charge in [-0.15, -0.1) is 11.3 Å². The largest absolute Gasteiger partial charge is 0.405 e. The maximum absolute atomic E-state index is 13.4. The molecule has 1 aromatic heterocycles. The number of amides is 3. The number of ether oxygens (including phenoxy) is 2. The van der Waals surface area contributed by atoms with Gasteiger partial charge in [-0.3, -0.25) is 23.4 Å². The van der Waals surface area contributed by atoms with Crippen molar-refractivity contribution in [2.24, 2.45) is 0 Å². The van der Waals surface area contributed by atoms with Crippen molar-refractivity contribution < 1.29 is 59.5 Å². The lowest BCUT2D eigenvalue weighted by Crippen LogP contribution is -2.60. The van der Waals surface area contributed by atoms with Gasteiger partial charge in [-0.2, -0.15) is 21.6 Å². The minimum Gasteiger partial charge on any atom is -0.382 e. The lowest BCUT2D eigenvalue weighted by Gasteiger charge is -2.29. The Hall–Kier alpha value is -3.49. The van der Waals surface area contributed by atoms with Crippen molar-refractivity contribution in [1.29, 1.82) is 0 Å². The van der Waals surface area contributed by atoms with E-state index in [4.69, 9.17) is 9.47 Å². The lowest BCUT2D eigenvalue weighted by molar-refractivity contribution is -0.143. The SMILES string of the molecule is COC[C@H](NC(=O)c1cnc(C)s1)C(=O)N[C@@H](COC)C(=O)N[C@@H](Cc1ccccc1)C(=O)[C@](C)(O)COS(=O)(=O)CC(F)(F)F. The Balaban J connectivity index is 2.25. The van der Waals surface area contributed by atoms with Crippen LogP contribution in [0.1, 0.15) is 27.2 Å². The Morgan fingerprint density at radius 1 is 0.957 bits per heavy atom. The number of hydrogen-bond donors (Lipinski definition) is 4. The molecule has 0 saturated heterocycles. The van der Waals surface area contributed by atoms with Crippen molar-refractivity contribution in [3.63, 3.8) is 0 Å². The van der Waals surface area contributed by atoms with Gasteiger partial charge in [0, 0.05) is 14.2 Å². The van der Waals surface area contributed by atoms with E-state index in [0.717, 1.165) is 18.3 Å². The summed E-state index contributed by atoms with van der Waals surface area (Å²) in [6, 6.07) is 3.77. The second-order valence-corrected chi connectivity index (χ2v) is 13.1. The smallest absolute Gasteiger partial charge is 0.382 e. The van der Waals surface area contributed by atoms with E-state index in [0.29, 0.717) is 10.6 Å². The van der Waals surface area contributed by atoms with Crippen molar-refractivity contribution in [2.45, 2.75) is 50.2 Å². The zero-order valence-electron chi connectivity index (χ0n) is 25.3. The number of benzene rings is 1. The van der Waals surface area contributed by atoms with Crippen LogP contribution in [0, 0.1) is 6.92 Å². The Kier molecular flexibility index (Phi) is 14.2. The number of Topliss-reactive ketones (excluding diaryl/α,β-unsaturated/α-hetero) is 1. The van der Waals surface area contributed by atoms with E-state index in [1.54, 1.807) is 37.3 Å². The van der Waals surface area contributed by atoms with Gasteiger partial charge in [0.1, 0.15) is 29.2 Å². The normalized spacial score (nSPS) is 15.2. The molecule has 0 aliphatic heterocycles. The van der Waals surface area contributed by atoms with Gasteiger partial charge in [-0.1, -0.05) is 30.3 Å². The van der Waals surface area contributed by atoms with Crippen LogP contribution in [0.4, 0.5) is 13.2 Å². The zero-order chi connectivity index (χ0) is 34.7. The van der Waals surface area contributed by atoms with Gasteiger partial charge in [0.25, 0.3) is 16.0 Å². The van der Waals surface area contributed by atoms with Crippen LogP contribution in [0.25, 0.3) is 0 Å². The molecular weight excluding hydrogens is 661 g/mol. The van der Waals surface area contributed by atoms with Crippen LogP contribution in [0.3, 0.4) is 0 Å². The molecule has 0 saturated carbocycles. The van der Waals surface area contributed by atoms with E-state index in [2.05, 4.69) is 25.1 Å². The number of halogens is 3. The van der Waals surface area contributed by atoms with E-state index in [-0.39, 0.29) is 17.9 Å². The van der Waals surface area contributed by atoms with Crippen LogP contribution in [-0.2, 0) is 44.6 Å². The molecule has 2 rings (SSSR count). The molecule has 3 amide bonds. The number of rotatable bonds is 18. The van der Waals surface area contributed by atoms with Gasteiger partial charge in [-0.05, 0) is 25.8 Å². The van der Waals surface area contributed by atoms with Crippen LogP contribution in [0.2, 0.25) is 0 Å². The number of carbonyl (C=O) groups is 4. The summed E-state index contributed by atoms with van der Waals surface area (Å²) in [5.74, 6) is -5.99. The summed E-state index contributed by atoms with van der Waals surface area (Å²) in [6.45, 7) is 0.431. The summed E-state index contributed by atoms with van der Waals surface area (Å²) in [7, 11) is -2.71. The number of ketones is 1. The standard InChI is InChI=1S/C27H35F3N4O10S2/c1-16-31-11-21(45-16)25(38)34-20(13-43-4)24(37)33-19(12-42-3)23(36)32-18(10-17-8-6-5-7-9-17)22(35)26(2,39)14-44-46(40,41)15-27(28,29)30/h5-9,11,18-20,39H,10,12-15H2,1-4H3,(H,32,36)(H,33,37)(H,34,38)/t18-,19-,20-,26+/m0/s1. The topological polar surface area (TPSA) is 199 Å². The third-order valence-corrected chi connectivity index (χ3v) is 8.14. The van der Waals surface area contributed by atoms with Gasteiger partial charge >= 0.3 is 6.18 Å². The van der Waals surface area contributed by atoms with Crippen molar-refractivity contribution in [1.82, 2.24) is 20.9 Å². The van der Waals surface area contributed by atoms with Crippen LogP contribution in [-0.4, -0.2) is 112 Å². The molecule has 1 aromatic carbocycles. The molecule has 0 fully saturated rings. The number of methoxy groups -OCH3 is 2. The number of nitrogens with one attached hydrogen (secondary N) is 3. The lowest BCUT2D eigenvalue weighted by atomic mass is 9.91. The molecular formula is C27H35F3N4O10S2. The molecule has 0 radical (unpaired) electrons. The average molecular weight is 697 g/mol. The fourth-order valence-electron chi connectivity index (χ4n) is 3.89. The quantitative estimate of drug-likeness (QED) is 0.156. The summed E-state index contributed by atoms with van der Waals surface area (Å²) >= 11 is 1.09. The predicted molar refractivity (Wildman–Crippen MR) is 157 cm³/mol. The number of carbonyl (C=O) groups excluding carboxylic acids is 4. The summed E-state index contributed by atoms with van der Waals surface area (Å²) in [4.78, 5) is 56.8. The van der Waals surface area contributed by atoms with E-state index < -0.39 is 82.5 Å². The van der Waals surface area contributed by atoms with Crippen LogP contribution >= 0.6 is 11.3 Å². The Bertz CT molecular complexity index is 1450. The third kappa shape index (κ3) is 12.7. The number of nitrogens with zero attached hydrogens (tertiary/aromatic N) is 1. The van der Waals surface area contributed by atoms with Crippen molar-refractivity contribution in [2.75, 3.05) is 39.8 Å². The molecule has 14 nitrogen and oxygen atoms in total. The van der Waals surface area contributed by atoms with E-state index >= 15 is 0 Å². The molecule has 0 unspecified atom stereocenters. The maximum atomic E-state index is 13.4. The fraction of sp³-hybridized carbons (Fsp3) is 0.519. The molecule has 4 atom stereocenters. The highest BCUT2D eigenvalue weighted by molar-refractivity contribution is 7.86. The molecule has 46 heavy (non-hydrogen) atoms. The van der Waals surface area contributed by atoms with Crippen LogP contribution in [0.5, 0.6) is 0 Å². The van der Waals surface area contributed by atoms with Gasteiger partial charge in [-0.25, -0.2) is 4.98 Å². The second-order valence-electron chi connectivity index (χ2n) is 10.2. The number of thiazole rings is 1. The Morgan fingerprint density at radius 3 is 2.00 bits per heavy atom. The van der Waals surface area contributed by atoms with Crippen molar-refractivity contribution in [3.05, 3.63) is 52.0 Å². The highest BCUT2D eigenvalue weighted by atomic mass is 32.2. The highest BCUT2D eigenvalue weighted by Gasteiger charge is 2.42. The minimum absolute atomic E-state index is 0.224. The molecule has 256 valence electrons. The first-order chi connectivity index (χ1) is 21.4. The molecule has 1 heterocycles. The predicted octanol–water partition coefficient (Wildman–Crippen LogP) is 0.284. The number of aliphatic hydroxyl groups is 1. The summed E-state index contributed by atoms with van der Waals surface area (Å²) in [5, 5.41) is 18.7. The molecule has 4 N–H and O–H groups in total. The number of aromatic nitrogens is 1. The van der Waals surface area contributed by atoms with E-state index in [1.807, 2.05) is 0 Å². The Labute approximate surface area is 267 Å². The first-order valence-electron chi connectivity index (χ1n) is 13.4. The third-order valence-electron chi connectivity index (χ3n) is 6.07. The molecule has 0 spiro atoms. The Morgan fingerprint density at radius 2 is 1.50 bits per heavy atom. The maximum Gasteiger partial charge on any atom is 0.405 e. The van der Waals surface area contributed by atoms with Gasteiger partial charge in [0.2, 0.25) is 11.8 Å². The number of hydrogen-bond acceptors (Lipinski definition) is 12. The zero-order valence-corrected chi connectivity index (χ0v) is 26.9. The van der Waals surface area contributed by atoms with Gasteiger partial charge in [0.15, 0.2) is 11.5 Å². The van der Waals surface area contributed by atoms with Crippen LogP contribution < -0.4 is 16.0 Å². The number of alkyl halides is 3.